The molecule has 0 saturated heterocycles. The number of esters is 2. The van der Waals surface area contributed by atoms with E-state index >= 15 is 0 Å². The van der Waals surface area contributed by atoms with Gasteiger partial charge in [-0.1, -0.05) is 77.8 Å². The highest BCUT2D eigenvalue weighted by molar-refractivity contribution is 5.77. The number of carbonyl (C=O) groups is 2. The molecule has 1 rings (SSSR count). The van der Waals surface area contributed by atoms with Crippen LogP contribution in [0.4, 0.5) is 0 Å². The smallest absolute Gasteiger partial charge is 0.314 e. The van der Waals surface area contributed by atoms with E-state index in [4.69, 9.17) is 9.47 Å². The van der Waals surface area contributed by atoms with E-state index < -0.39 is 0 Å². The van der Waals surface area contributed by atoms with Crippen LogP contribution in [0.25, 0.3) is 0 Å². The van der Waals surface area contributed by atoms with Crippen molar-refractivity contribution in [3.05, 3.63) is 24.3 Å². The Morgan fingerprint density at radius 1 is 0.778 bits per heavy atom. The molecular formula is C23H36O4. The number of carbonyl (C=O) groups excluding carboxylic acids is 2. The van der Waals surface area contributed by atoms with Gasteiger partial charge >= 0.3 is 11.9 Å². The lowest BCUT2D eigenvalue weighted by Crippen LogP contribution is -2.21. The number of unbranched alkanes of at least 4 members (excludes halogenated alkanes) is 5. The molecule has 0 amide bonds. The van der Waals surface area contributed by atoms with Crippen LogP contribution in [0.1, 0.15) is 91.4 Å². The van der Waals surface area contributed by atoms with Crippen LogP contribution in [-0.2, 0) is 9.59 Å². The highest BCUT2D eigenvalue weighted by Crippen LogP contribution is 2.29. The van der Waals surface area contributed by atoms with Gasteiger partial charge in [0.05, 0.1) is 5.92 Å². The molecule has 0 aliphatic heterocycles. The maximum atomic E-state index is 12.6. The number of ether oxygens (including phenoxy) is 2. The molecule has 0 heterocycles. The molecular weight excluding hydrogens is 340 g/mol. The average molecular weight is 377 g/mol. The summed E-state index contributed by atoms with van der Waals surface area (Å²) in [5.41, 5.74) is 0. The van der Waals surface area contributed by atoms with Gasteiger partial charge in [0.25, 0.3) is 0 Å². The van der Waals surface area contributed by atoms with Gasteiger partial charge < -0.3 is 9.47 Å². The fraction of sp³-hybridized carbons (Fsp3) is 0.652. The normalized spacial score (nSPS) is 11.8. The van der Waals surface area contributed by atoms with Crippen LogP contribution < -0.4 is 9.47 Å². The highest BCUT2D eigenvalue weighted by Gasteiger charge is 2.21. The minimum absolute atomic E-state index is 0.0978. The van der Waals surface area contributed by atoms with Crippen molar-refractivity contribution < 1.29 is 19.1 Å². The first kappa shape index (κ1) is 23.2. The summed E-state index contributed by atoms with van der Waals surface area (Å²) in [5.74, 6) is 0.0672. The van der Waals surface area contributed by atoms with E-state index in [2.05, 4.69) is 20.8 Å². The first-order valence-corrected chi connectivity index (χ1v) is 10.6. The molecule has 0 aromatic heterocycles. The van der Waals surface area contributed by atoms with Crippen LogP contribution in [0.15, 0.2) is 24.3 Å². The van der Waals surface area contributed by atoms with Gasteiger partial charge in [0, 0.05) is 6.42 Å². The quantitative estimate of drug-likeness (QED) is 0.212. The van der Waals surface area contributed by atoms with Crippen molar-refractivity contribution in [3.63, 3.8) is 0 Å². The van der Waals surface area contributed by atoms with Crippen LogP contribution >= 0.6 is 0 Å². The summed E-state index contributed by atoms with van der Waals surface area (Å²) in [6.45, 7) is 6.37. The average Bonchev–Trinajstić information content (AvgIpc) is 2.66. The van der Waals surface area contributed by atoms with Gasteiger partial charge in [0.15, 0.2) is 11.5 Å². The second-order valence-electron chi connectivity index (χ2n) is 7.13. The minimum Gasteiger partial charge on any atom is -0.423 e. The lowest BCUT2D eigenvalue weighted by atomic mass is 9.97. The molecule has 0 spiro atoms. The Balaban J connectivity index is 2.65. The van der Waals surface area contributed by atoms with Crippen LogP contribution in [0.2, 0.25) is 0 Å². The second kappa shape index (κ2) is 14.2. The van der Waals surface area contributed by atoms with Crippen molar-refractivity contribution in [2.45, 2.75) is 91.4 Å². The molecule has 152 valence electrons. The molecule has 27 heavy (non-hydrogen) atoms. The van der Waals surface area contributed by atoms with Gasteiger partial charge in [-0.3, -0.25) is 9.59 Å². The number of para-hydroxylation sites is 2. The van der Waals surface area contributed by atoms with E-state index in [-0.39, 0.29) is 17.9 Å². The van der Waals surface area contributed by atoms with Crippen LogP contribution in [0.3, 0.4) is 0 Å². The monoisotopic (exact) mass is 376 g/mol. The maximum absolute atomic E-state index is 12.6. The predicted octanol–water partition coefficient (Wildman–Crippen LogP) is 6.46. The molecule has 1 atom stereocenters. The van der Waals surface area contributed by atoms with Gasteiger partial charge in [-0.25, -0.2) is 0 Å². The van der Waals surface area contributed by atoms with E-state index in [1.807, 2.05) is 0 Å². The molecule has 0 aliphatic rings. The zero-order valence-corrected chi connectivity index (χ0v) is 17.3. The maximum Gasteiger partial charge on any atom is 0.314 e. The Morgan fingerprint density at radius 3 is 2.04 bits per heavy atom. The Labute approximate surface area is 164 Å². The standard InChI is InChI=1S/C23H36O4/c1-4-7-9-11-18-22(24)26-20-16-12-13-17-21(20)27-23(25)19(14-6-3)15-10-8-5-2/h12-13,16-17,19H,4-11,14-15,18H2,1-3H3. The van der Waals surface area contributed by atoms with E-state index in [9.17, 15) is 9.59 Å². The molecule has 0 N–H and O–H groups in total. The van der Waals surface area contributed by atoms with Crippen molar-refractivity contribution in [1.82, 2.24) is 0 Å². The SMILES string of the molecule is CCCCCCC(=O)Oc1ccccc1OC(=O)C(CCC)CCCCC. The summed E-state index contributed by atoms with van der Waals surface area (Å²) >= 11 is 0. The van der Waals surface area contributed by atoms with Crippen molar-refractivity contribution in [2.24, 2.45) is 5.92 Å². The Bertz CT molecular complexity index is 553. The third-order valence-electron chi connectivity index (χ3n) is 4.64. The second-order valence-corrected chi connectivity index (χ2v) is 7.13. The van der Waals surface area contributed by atoms with E-state index in [0.29, 0.717) is 17.9 Å². The first-order chi connectivity index (χ1) is 13.1. The molecule has 1 aromatic rings. The largest absolute Gasteiger partial charge is 0.423 e. The molecule has 1 aromatic carbocycles. The topological polar surface area (TPSA) is 52.6 Å². The van der Waals surface area contributed by atoms with E-state index in [1.54, 1.807) is 24.3 Å². The fourth-order valence-electron chi connectivity index (χ4n) is 3.05. The van der Waals surface area contributed by atoms with Gasteiger partial charge in [-0.15, -0.1) is 0 Å². The van der Waals surface area contributed by atoms with Gasteiger partial charge in [0.2, 0.25) is 0 Å². The summed E-state index contributed by atoms with van der Waals surface area (Å²) in [4.78, 5) is 24.7. The van der Waals surface area contributed by atoms with E-state index in [0.717, 1.165) is 64.2 Å². The summed E-state index contributed by atoms with van der Waals surface area (Å²) in [7, 11) is 0. The third kappa shape index (κ3) is 9.60. The highest BCUT2D eigenvalue weighted by atomic mass is 16.6. The van der Waals surface area contributed by atoms with Crippen molar-refractivity contribution in [1.29, 1.82) is 0 Å². The Morgan fingerprint density at radius 2 is 1.41 bits per heavy atom. The molecule has 1 unspecified atom stereocenters. The summed E-state index contributed by atoms with van der Waals surface area (Å²) in [6, 6.07) is 6.93. The fourth-order valence-corrected chi connectivity index (χ4v) is 3.05. The van der Waals surface area contributed by atoms with E-state index in [1.165, 1.54) is 0 Å². The zero-order chi connectivity index (χ0) is 19.9. The van der Waals surface area contributed by atoms with Gasteiger partial charge in [-0.2, -0.15) is 0 Å². The zero-order valence-electron chi connectivity index (χ0n) is 17.3. The number of hydrogen-bond acceptors (Lipinski definition) is 4. The number of benzene rings is 1. The molecule has 0 radical (unpaired) electrons. The van der Waals surface area contributed by atoms with Crippen LogP contribution in [0.5, 0.6) is 11.5 Å². The first-order valence-electron chi connectivity index (χ1n) is 10.6. The van der Waals surface area contributed by atoms with Crippen molar-refractivity contribution in [2.75, 3.05) is 0 Å². The number of rotatable bonds is 14. The molecule has 0 bridgehead atoms. The summed E-state index contributed by atoms with van der Waals surface area (Å²) in [5, 5.41) is 0. The molecule has 4 nitrogen and oxygen atoms in total. The lowest BCUT2D eigenvalue weighted by molar-refractivity contribution is -0.140. The molecule has 0 aliphatic carbocycles. The minimum atomic E-state index is -0.275. The van der Waals surface area contributed by atoms with Crippen molar-refractivity contribution in [3.8, 4) is 11.5 Å². The predicted molar refractivity (Wildman–Crippen MR) is 109 cm³/mol. The van der Waals surface area contributed by atoms with Gasteiger partial charge in [0.1, 0.15) is 0 Å². The third-order valence-corrected chi connectivity index (χ3v) is 4.64. The number of hydrogen-bond donors (Lipinski definition) is 0. The summed E-state index contributed by atoms with van der Waals surface area (Å²) < 4.78 is 11.1. The van der Waals surface area contributed by atoms with Crippen LogP contribution in [0, 0.1) is 5.92 Å². The van der Waals surface area contributed by atoms with Gasteiger partial charge in [-0.05, 0) is 31.4 Å². The summed E-state index contributed by atoms with van der Waals surface area (Å²) in [6.07, 6.45) is 10.4. The molecule has 0 saturated carbocycles. The van der Waals surface area contributed by atoms with Crippen LogP contribution in [-0.4, -0.2) is 11.9 Å². The molecule has 4 heteroatoms. The Kier molecular flexibility index (Phi) is 12.2. The lowest BCUT2D eigenvalue weighted by Gasteiger charge is -2.16. The molecule has 0 fully saturated rings. The Hall–Kier alpha value is -1.84. The van der Waals surface area contributed by atoms with Crippen molar-refractivity contribution >= 4 is 11.9 Å².